The van der Waals surface area contributed by atoms with Gasteiger partial charge in [-0.05, 0) is 103 Å². The fraction of sp³-hybridized carbons (Fsp3) is 0.721. The topological polar surface area (TPSA) is 78.9 Å². The normalized spacial score (nSPS) is 12.7. The van der Waals surface area contributed by atoms with Crippen molar-refractivity contribution in [1.82, 2.24) is 0 Å². The molecule has 0 aliphatic heterocycles. The van der Waals surface area contributed by atoms with Gasteiger partial charge in [-0.25, -0.2) is 0 Å². The van der Waals surface area contributed by atoms with Crippen LogP contribution in [0.3, 0.4) is 0 Å². The summed E-state index contributed by atoms with van der Waals surface area (Å²) < 4.78 is 16.8. The van der Waals surface area contributed by atoms with Gasteiger partial charge in [0.15, 0.2) is 6.10 Å². The van der Waals surface area contributed by atoms with Crippen molar-refractivity contribution in [2.24, 2.45) is 0 Å². The van der Waals surface area contributed by atoms with E-state index in [0.29, 0.717) is 12.8 Å². The van der Waals surface area contributed by atoms with Crippen LogP contribution in [0.25, 0.3) is 0 Å². The number of esters is 3. The molecule has 0 aliphatic rings. The zero-order valence-electron chi connectivity index (χ0n) is 48.6. The molecule has 6 heteroatoms. The Labute approximate surface area is 457 Å². The summed E-state index contributed by atoms with van der Waals surface area (Å²) in [6, 6.07) is 0. The average Bonchev–Trinajstić information content (AvgIpc) is 3.40. The minimum Gasteiger partial charge on any atom is -0.462 e. The highest BCUT2D eigenvalue weighted by molar-refractivity contribution is 5.72. The molecule has 0 aliphatic carbocycles. The monoisotopic (exact) mass is 1030 g/mol. The molecule has 74 heavy (non-hydrogen) atoms. The van der Waals surface area contributed by atoms with Gasteiger partial charge in [0.05, 0.1) is 6.42 Å². The summed E-state index contributed by atoms with van der Waals surface area (Å²) in [6.45, 7) is 6.42. The molecule has 1 unspecified atom stereocenters. The summed E-state index contributed by atoms with van der Waals surface area (Å²) in [5.74, 6) is -1.05. The van der Waals surface area contributed by atoms with E-state index in [-0.39, 0.29) is 31.6 Å². The summed E-state index contributed by atoms with van der Waals surface area (Å²) in [5, 5.41) is 0. The first kappa shape index (κ1) is 70.3. The maximum atomic E-state index is 12.8. The van der Waals surface area contributed by atoms with Crippen molar-refractivity contribution < 1.29 is 28.6 Å². The summed E-state index contributed by atoms with van der Waals surface area (Å²) in [5.41, 5.74) is 0. The minimum atomic E-state index is -0.835. The molecule has 0 saturated heterocycles. The van der Waals surface area contributed by atoms with Crippen molar-refractivity contribution in [1.29, 1.82) is 0 Å². The lowest BCUT2D eigenvalue weighted by atomic mass is 10.0. The van der Waals surface area contributed by atoms with Crippen LogP contribution in [0, 0.1) is 0 Å². The summed E-state index contributed by atoms with van der Waals surface area (Å²) >= 11 is 0. The fourth-order valence-electron chi connectivity index (χ4n) is 8.66. The minimum absolute atomic E-state index is 0.0950. The zero-order chi connectivity index (χ0) is 53.6. The number of carbonyl (C=O) groups is 3. The zero-order valence-corrected chi connectivity index (χ0v) is 48.6. The van der Waals surface area contributed by atoms with Gasteiger partial charge in [0.1, 0.15) is 13.2 Å². The van der Waals surface area contributed by atoms with Crippen LogP contribution in [-0.4, -0.2) is 37.2 Å². The third kappa shape index (κ3) is 59.2. The van der Waals surface area contributed by atoms with Gasteiger partial charge in [-0.3, -0.25) is 14.4 Å². The van der Waals surface area contributed by atoms with Crippen molar-refractivity contribution in [3.05, 3.63) is 97.2 Å². The van der Waals surface area contributed by atoms with Gasteiger partial charge >= 0.3 is 17.9 Å². The van der Waals surface area contributed by atoms with E-state index in [0.717, 1.165) is 89.9 Å². The molecule has 0 aromatic heterocycles. The molecule has 0 rings (SSSR count). The Bertz CT molecular complexity index is 1460. The SMILES string of the molecule is CC/C=C\C/C=C\C/C=C\C/C=C\C/C=C\CC(=O)OC(COC(=O)CCCCCCC/C=C\CCCCC)COC(=O)CCCCCCCCCCCCCCCCCCC/C=C\C/C=C\CCCCCCC. The highest BCUT2D eigenvalue weighted by Gasteiger charge is 2.19. The smallest absolute Gasteiger partial charge is 0.310 e. The fourth-order valence-corrected chi connectivity index (χ4v) is 8.66. The van der Waals surface area contributed by atoms with Crippen LogP contribution < -0.4 is 0 Å². The first-order chi connectivity index (χ1) is 36.5. The molecular weight excluding hydrogens is 913 g/mol. The first-order valence-corrected chi connectivity index (χ1v) is 31.2. The number of allylic oxidation sites excluding steroid dienone is 15. The van der Waals surface area contributed by atoms with Gasteiger partial charge in [0, 0.05) is 12.8 Å². The third-order valence-corrected chi connectivity index (χ3v) is 13.3. The molecule has 1 atom stereocenters. The van der Waals surface area contributed by atoms with Crippen molar-refractivity contribution in [2.45, 2.75) is 303 Å². The quantitative estimate of drug-likeness (QED) is 0.0261. The molecule has 0 aromatic carbocycles. The summed E-state index contributed by atoms with van der Waals surface area (Å²) in [6.07, 6.45) is 83.1. The van der Waals surface area contributed by atoms with Crippen molar-refractivity contribution in [3.8, 4) is 0 Å². The maximum absolute atomic E-state index is 12.8. The molecule has 6 nitrogen and oxygen atoms in total. The maximum Gasteiger partial charge on any atom is 0.310 e. The Morgan fingerprint density at radius 2 is 0.568 bits per heavy atom. The second kappa shape index (κ2) is 61.9. The lowest BCUT2D eigenvalue weighted by molar-refractivity contribution is -0.166. The van der Waals surface area contributed by atoms with E-state index >= 15 is 0 Å². The van der Waals surface area contributed by atoms with Gasteiger partial charge in [-0.15, -0.1) is 0 Å². The number of rotatable bonds is 56. The van der Waals surface area contributed by atoms with E-state index in [1.807, 2.05) is 6.08 Å². The van der Waals surface area contributed by atoms with Crippen molar-refractivity contribution in [2.75, 3.05) is 13.2 Å². The second-order valence-electron chi connectivity index (χ2n) is 20.6. The van der Waals surface area contributed by atoms with Crippen LogP contribution in [0.15, 0.2) is 97.2 Å². The lowest BCUT2D eigenvalue weighted by Crippen LogP contribution is -2.30. The molecule has 0 bridgehead atoms. The summed E-state index contributed by atoms with van der Waals surface area (Å²) in [7, 11) is 0. The standard InChI is InChI=1S/C68H116O6/c1-4-7-10-13-16-19-22-25-27-28-29-30-31-32-33-34-35-36-37-38-39-40-42-43-46-49-52-55-58-61-67(70)73-64-65(63-72-66(69)60-57-54-51-48-45-24-21-18-15-12-9-6-3)74-68(71)62-59-56-53-50-47-44-41-26-23-20-17-14-11-8-5-2/h8,11,17-18,20-22,25-26,28-29,41,47,50,56,59,65H,4-7,9-10,12-16,19,23-24,27,30-40,42-46,48-49,51-55,57-58,60-64H2,1-3H3/b11-8-,20-17-,21-18-,25-22-,29-28-,41-26-,50-47-,59-56-. The average molecular weight is 1030 g/mol. The molecule has 0 saturated carbocycles. The molecule has 0 amide bonds. The highest BCUT2D eigenvalue weighted by atomic mass is 16.6. The Morgan fingerprint density at radius 3 is 0.932 bits per heavy atom. The van der Waals surface area contributed by atoms with Gasteiger partial charge in [0.25, 0.3) is 0 Å². The third-order valence-electron chi connectivity index (χ3n) is 13.3. The Hall–Kier alpha value is -3.67. The van der Waals surface area contributed by atoms with Gasteiger partial charge in [-0.2, -0.15) is 0 Å². The van der Waals surface area contributed by atoms with Crippen molar-refractivity contribution >= 4 is 17.9 Å². The number of hydrogen-bond acceptors (Lipinski definition) is 6. The molecule has 0 N–H and O–H groups in total. The molecule has 0 fully saturated rings. The van der Waals surface area contributed by atoms with Crippen LogP contribution in [-0.2, 0) is 28.6 Å². The van der Waals surface area contributed by atoms with Gasteiger partial charge in [-0.1, -0.05) is 272 Å². The van der Waals surface area contributed by atoms with Crippen LogP contribution >= 0.6 is 0 Å². The Morgan fingerprint density at radius 1 is 0.297 bits per heavy atom. The Kier molecular flexibility index (Phi) is 58.8. The largest absolute Gasteiger partial charge is 0.462 e. The van der Waals surface area contributed by atoms with E-state index in [1.54, 1.807) is 6.08 Å². The molecule has 0 aromatic rings. The number of ether oxygens (including phenoxy) is 3. The van der Waals surface area contributed by atoms with Crippen LogP contribution in [0.4, 0.5) is 0 Å². The van der Waals surface area contributed by atoms with Crippen LogP contribution in [0.2, 0.25) is 0 Å². The van der Waals surface area contributed by atoms with E-state index in [1.165, 1.54) is 167 Å². The van der Waals surface area contributed by atoms with Gasteiger partial charge in [0.2, 0.25) is 0 Å². The van der Waals surface area contributed by atoms with E-state index in [2.05, 4.69) is 106 Å². The predicted octanol–water partition coefficient (Wildman–Crippen LogP) is 21.3. The number of unbranched alkanes of at least 4 members (excludes halogenated alkanes) is 30. The number of hydrogen-bond donors (Lipinski definition) is 0. The molecule has 0 radical (unpaired) electrons. The van der Waals surface area contributed by atoms with Gasteiger partial charge < -0.3 is 14.2 Å². The van der Waals surface area contributed by atoms with Crippen molar-refractivity contribution in [3.63, 3.8) is 0 Å². The molecular formula is C68H116O6. The molecule has 0 spiro atoms. The highest BCUT2D eigenvalue weighted by Crippen LogP contribution is 2.16. The second-order valence-corrected chi connectivity index (χ2v) is 20.6. The van der Waals surface area contributed by atoms with Crippen LogP contribution in [0.5, 0.6) is 0 Å². The first-order valence-electron chi connectivity index (χ1n) is 31.2. The van der Waals surface area contributed by atoms with E-state index in [9.17, 15) is 14.4 Å². The van der Waals surface area contributed by atoms with E-state index in [4.69, 9.17) is 14.2 Å². The van der Waals surface area contributed by atoms with Crippen LogP contribution in [0.1, 0.15) is 297 Å². The lowest BCUT2D eigenvalue weighted by Gasteiger charge is -2.18. The number of carbonyl (C=O) groups excluding carboxylic acids is 3. The van der Waals surface area contributed by atoms with E-state index < -0.39 is 12.1 Å². The summed E-state index contributed by atoms with van der Waals surface area (Å²) in [4.78, 5) is 38.1. The molecule has 424 valence electrons. The Balaban J connectivity index is 4.25. The molecule has 0 heterocycles. The predicted molar refractivity (Wildman–Crippen MR) is 320 cm³/mol.